The van der Waals surface area contributed by atoms with Crippen molar-refractivity contribution < 1.29 is 14.4 Å². The molecule has 0 fully saturated rings. The van der Waals surface area contributed by atoms with Crippen LogP contribution in [0.25, 0.3) is 11.4 Å². The second-order valence-electron chi connectivity index (χ2n) is 6.91. The van der Waals surface area contributed by atoms with Crippen molar-refractivity contribution in [3.8, 4) is 11.4 Å². The SMILES string of the molecule is C=CC(C)(O)CCCC(C)C(=O)NCc1ccc(-c2noc(C)n2)cc1. The van der Waals surface area contributed by atoms with Gasteiger partial charge in [0.25, 0.3) is 0 Å². The van der Waals surface area contributed by atoms with Gasteiger partial charge in [-0.15, -0.1) is 6.58 Å². The number of benzene rings is 1. The minimum atomic E-state index is -0.866. The number of carbonyl (C=O) groups is 1. The molecule has 0 saturated heterocycles. The summed E-state index contributed by atoms with van der Waals surface area (Å²) in [5.41, 5.74) is 1.01. The van der Waals surface area contributed by atoms with E-state index in [0.717, 1.165) is 24.0 Å². The van der Waals surface area contributed by atoms with Gasteiger partial charge in [0, 0.05) is 24.9 Å². The normalized spacial score (nSPS) is 14.5. The molecule has 2 unspecified atom stereocenters. The molecule has 0 spiro atoms. The van der Waals surface area contributed by atoms with Gasteiger partial charge < -0.3 is 14.9 Å². The first-order valence-electron chi connectivity index (χ1n) is 8.84. The summed E-state index contributed by atoms with van der Waals surface area (Å²) in [6.07, 6.45) is 3.64. The van der Waals surface area contributed by atoms with Gasteiger partial charge in [-0.05, 0) is 31.7 Å². The molecule has 1 aromatic heterocycles. The summed E-state index contributed by atoms with van der Waals surface area (Å²) in [5.74, 6) is 1.00. The van der Waals surface area contributed by atoms with E-state index >= 15 is 0 Å². The van der Waals surface area contributed by atoms with Crippen LogP contribution in [0.4, 0.5) is 0 Å². The molecular weight excluding hydrogens is 330 g/mol. The maximum Gasteiger partial charge on any atom is 0.223 e. The lowest BCUT2D eigenvalue weighted by atomic mass is 9.95. The van der Waals surface area contributed by atoms with Crippen LogP contribution in [0.2, 0.25) is 0 Å². The standard InChI is InChI=1S/C20H27N3O3/c1-5-20(4,25)12-6-7-14(2)19(24)21-13-16-8-10-17(11-9-16)18-22-15(3)26-23-18/h5,8-11,14,25H,1,6-7,12-13H2,2-4H3,(H,21,24). The zero-order valence-corrected chi connectivity index (χ0v) is 15.7. The zero-order valence-electron chi connectivity index (χ0n) is 15.7. The van der Waals surface area contributed by atoms with Gasteiger partial charge in [0.15, 0.2) is 0 Å². The summed E-state index contributed by atoms with van der Waals surface area (Å²) in [5, 5.41) is 16.7. The molecule has 2 aromatic rings. The van der Waals surface area contributed by atoms with Gasteiger partial charge >= 0.3 is 0 Å². The lowest BCUT2D eigenvalue weighted by Gasteiger charge is -2.19. The molecule has 2 atom stereocenters. The number of aliphatic hydroxyl groups is 1. The van der Waals surface area contributed by atoms with Crippen molar-refractivity contribution in [3.63, 3.8) is 0 Å². The molecule has 0 bridgehead atoms. The highest BCUT2D eigenvalue weighted by Gasteiger charge is 2.17. The van der Waals surface area contributed by atoms with E-state index in [4.69, 9.17) is 4.52 Å². The fourth-order valence-corrected chi connectivity index (χ4v) is 2.55. The predicted molar refractivity (Wildman–Crippen MR) is 100 cm³/mol. The third kappa shape index (κ3) is 5.81. The Balaban J connectivity index is 1.78. The Morgan fingerprint density at radius 3 is 2.69 bits per heavy atom. The minimum Gasteiger partial charge on any atom is -0.386 e. The molecular formula is C20H27N3O3. The first-order chi connectivity index (χ1) is 12.3. The molecule has 0 aliphatic heterocycles. The summed E-state index contributed by atoms with van der Waals surface area (Å²) in [4.78, 5) is 16.4. The summed E-state index contributed by atoms with van der Waals surface area (Å²) in [6.45, 7) is 9.46. The molecule has 6 nitrogen and oxygen atoms in total. The maximum atomic E-state index is 12.2. The Morgan fingerprint density at radius 2 is 2.12 bits per heavy atom. The number of nitrogens with zero attached hydrogens (tertiary/aromatic N) is 2. The quantitative estimate of drug-likeness (QED) is 0.672. The van der Waals surface area contributed by atoms with E-state index < -0.39 is 5.60 Å². The fourth-order valence-electron chi connectivity index (χ4n) is 2.55. The molecule has 0 aliphatic rings. The monoisotopic (exact) mass is 357 g/mol. The van der Waals surface area contributed by atoms with Crippen LogP contribution in [0, 0.1) is 12.8 Å². The van der Waals surface area contributed by atoms with Crippen LogP contribution < -0.4 is 5.32 Å². The summed E-state index contributed by atoms with van der Waals surface area (Å²) >= 11 is 0. The average Bonchev–Trinajstić information content (AvgIpc) is 3.06. The van der Waals surface area contributed by atoms with Crippen molar-refractivity contribution in [2.24, 2.45) is 5.92 Å². The molecule has 2 N–H and O–H groups in total. The number of aryl methyl sites for hydroxylation is 1. The van der Waals surface area contributed by atoms with E-state index in [9.17, 15) is 9.90 Å². The molecule has 1 heterocycles. The van der Waals surface area contributed by atoms with Crippen LogP contribution in [-0.2, 0) is 11.3 Å². The number of hydrogen-bond donors (Lipinski definition) is 2. The largest absolute Gasteiger partial charge is 0.386 e. The van der Waals surface area contributed by atoms with Gasteiger partial charge in [0.05, 0.1) is 5.60 Å². The van der Waals surface area contributed by atoms with Gasteiger partial charge in [0.2, 0.25) is 17.6 Å². The van der Waals surface area contributed by atoms with E-state index in [1.165, 1.54) is 6.08 Å². The van der Waals surface area contributed by atoms with Crippen molar-refractivity contribution in [1.82, 2.24) is 15.5 Å². The minimum absolute atomic E-state index is 0.0149. The molecule has 0 aliphatic carbocycles. The number of hydrogen-bond acceptors (Lipinski definition) is 5. The van der Waals surface area contributed by atoms with E-state index in [2.05, 4.69) is 22.0 Å². The van der Waals surface area contributed by atoms with Crippen molar-refractivity contribution in [2.45, 2.75) is 52.2 Å². The van der Waals surface area contributed by atoms with Crippen LogP contribution in [-0.4, -0.2) is 26.8 Å². The highest BCUT2D eigenvalue weighted by molar-refractivity contribution is 5.78. The van der Waals surface area contributed by atoms with Gasteiger partial charge in [-0.1, -0.05) is 42.4 Å². The lowest BCUT2D eigenvalue weighted by molar-refractivity contribution is -0.124. The highest BCUT2D eigenvalue weighted by Crippen LogP contribution is 2.18. The maximum absolute atomic E-state index is 12.2. The zero-order chi connectivity index (χ0) is 19.2. The molecule has 26 heavy (non-hydrogen) atoms. The molecule has 0 saturated carbocycles. The van der Waals surface area contributed by atoms with Crippen molar-refractivity contribution in [1.29, 1.82) is 0 Å². The van der Waals surface area contributed by atoms with Gasteiger partial charge in [-0.3, -0.25) is 4.79 Å². The molecule has 2 rings (SSSR count). The summed E-state index contributed by atoms with van der Waals surface area (Å²) in [7, 11) is 0. The van der Waals surface area contributed by atoms with Crippen molar-refractivity contribution in [3.05, 3.63) is 48.4 Å². The lowest BCUT2D eigenvalue weighted by Crippen LogP contribution is -2.29. The third-order valence-electron chi connectivity index (χ3n) is 4.41. The van der Waals surface area contributed by atoms with E-state index in [1.54, 1.807) is 13.8 Å². The Kier molecular flexibility index (Phi) is 6.69. The van der Waals surface area contributed by atoms with E-state index in [-0.39, 0.29) is 11.8 Å². The number of rotatable bonds is 9. The summed E-state index contributed by atoms with van der Waals surface area (Å²) < 4.78 is 4.98. The average molecular weight is 357 g/mol. The van der Waals surface area contributed by atoms with Gasteiger partial charge in [0.1, 0.15) is 0 Å². The second-order valence-corrected chi connectivity index (χ2v) is 6.91. The molecule has 6 heteroatoms. The highest BCUT2D eigenvalue weighted by atomic mass is 16.5. The van der Waals surface area contributed by atoms with Crippen LogP contribution in [0.3, 0.4) is 0 Å². The molecule has 1 aromatic carbocycles. The van der Waals surface area contributed by atoms with E-state index in [1.807, 2.05) is 31.2 Å². The van der Waals surface area contributed by atoms with Crippen molar-refractivity contribution >= 4 is 5.91 Å². The summed E-state index contributed by atoms with van der Waals surface area (Å²) in [6, 6.07) is 7.69. The topological polar surface area (TPSA) is 88.2 Å². The Labute approximate surface area is 154 Å². The van der Waals surface area contributed by atoms with Gasteiger partial charge in [-0.25, -0.2) is 0 Å². The number of carbonyl (C=O) groups excluding carboxylic acids is 1. The third-order valence-corrected chi connectivity index (χ3v) is 4.41. The number of aromatic nitrogens is 2. The van der Waals surface area contributed by atoms with Crippen LogP contribution in [0.5, 0.6) is 0 Å². The Bertz CT molecular complexity index is 735. The number of nitrogens with one attached hydrogen (secondary N) is 1. The predicted octanol–water partition coefficient (Wildman–Crippen LogP) is 3.40. The molecule has 140 valence electrons. The van der Waals surface area contributed by atoms with Gasteiger partial charge in [-0.2, -0.15) is 4.98 Å². The van der Waals surface area contributed by atoms with Crippen molar-refractivity contribution in [2.75, 3.05) is 0 Å². The van der Waals surface area contributed by atoms with Crippen LogP contribution >= 0.6 is 0 Å². The van der Waals surface area contributed by atoms with E-state index in [0.29, 0.717) is 24.7 Å². The smallest absolute Gasteiger partial charge is 0.223 e. The first-order valence-corrected chi connectivity index (χ1v) is 8.84. The second kappa shape index (κ2) is 8.76. The fraction of sp³-hybridized carbons (Fsp3) is 0.450. The van der Waals surface area contributed by atoms with Crippen LogP contribution in [0.15, 0.2) is 41.4 Å². The first kappa shape index (κ1) is 19.8. The Hall–Kier alpha value is -2.47. The number of amides is 1. The Morgan fingerprint density at radius 1 is 1.42 bits per heavy atom. The molecule has 0 radical (unpaired) electrons. The molecule has 1 amide bonds. The van der Waals surface area contributed by atoms with Crippen LogP contribution in [0.1, 0.15) is 44.6 Å².